The summed E-state index contributed by atoms with van der Waals surface area (Å²) in [5.41, 5.74) is 7.43. The van der Waals surface area contributed by atoms with Crippen LogP contribution in [0.5, 0.6) is 0 Å². The lowest BCUT2D eigenvalue weighted by molar-refractivity contribution is 0.304. The van der Waals surface area contributed by atoms with E-state index in [0.717, 1.165) is 17.4 Å². The predicted octanol–water partition coefficient (Wildman–Crippen LogP) is 1.91. The van der Waals surface area contributed by atoms with Crippen LogP contribution in [-0.4, -0.2) is 26.2 Å². The molecule has 1 fully saturated rings. The van der Waals surface area contributed by atoms with E-state index in [1.54, 1.807) is 4.68 Å². The Morgan fingerprint density at radius 1 is 1.29 bits per heavy atom. The highest BCUT2D eigenvalue weighted by Crippen LogP contribution is 2.23. The van der Waals surface area contributed by atoms with E-state index in [1.165, 1.54) is 25.7 Å². The van der Waals surface area contributed by atoms with Crippen molar-refractivity contribution in [3.05, 3.63) is 30.1 Å². The summed E-state index contributed by atoms with van der Waals surface area (Å²) >= 11 is 0. The topological polar surface area (TPSA) is 81.7 Å². The van der Waals surface area contributed by atoms with Gasteiger partial charge in [-0.15, -0.1) is 5.10 Å². The Morgan fingerprint density at radius 2 is 2.10 bits per heavy atom. The number of hydrogen-bond acceptors (Lipinski definition) is 5. The van der Waals surface area contributed by atoms with Crippen molar-refractivity contribution >= 4 is 5.69 Å². The van der Waals surface area contributed by atoms with Crippen LogP contribution in [0, 0.1) is 5.92 Å². The van der Waals surface area contributed by atoms with E-state index in [4.69, 9.17) is 5.73 Å². The van der Waals surface area contributed by atoms with E-state index in [0.29, 0.717) is 18.3 Å². The number of anilines is 1. The van der Waals surface area contributed by atoms with Crippen molar-refractivity contribution in [3.8, 4) is 5.69 Å². The van der Waals surface area contributed by atoms with Gasteiger partial charge >= 0.3 is 0 Å². The van der Waals surface area contributed by atoms with Gasteiger partial charge in [0.25, 0.3) is 0 Å². The lowest BCUT2D eigenvalue weighted by Crippen LogP contribution is -2.33. The summed E-state index contributed by atoms with van der Waals surface area (Å²) in [6, 6.07) is 8.18. The molecule has 3 N–H and O–H groups in total. The predicted molar refractivity (Wildman–Crippen MR) is 81.8 cm³/mol. The van der Waals surface area contributed by atoms with Crippen LogP contribution in [0.4, 0.5) is 5.69 Å². The highest BCUT2D eigenvalue weighted by Gasteiger charge is 2.18. The van der Waals surface area contributed by atoms with E-state index in [2.05, 4.69) is 27.8 Å². The molecule has 1 aromatic heterocycles. The molecule has 1 heterocycles. The second kappa shape index (κ2) is 6.22. The molecule has 1 aromatic carbocycles. The molecule has 1 saturated carbocycles. The Bertz CT molecular complexity index is 585. The van der Waals surface area contributed by atoms with Gasteiger partial charge in [0.1, 0.15) is 0 Å². The number of nitrogen functional groups attached to an aromatic ring is 1. The minimum Gasteiger partial charge on any atom is -0.399 e. The van der Waals surface area contributed by atoms with E-state index < -0.39 is 0 Å². The summed E-state index contributed by atoms with van der Waals surface area (Å²) in [5, 5.41) is 15.5. The maximum atomic E-state index is 5.82. The fraction of sp³-hybridized carbons (Fsp3) is 0.533. The van der Waals surface area contributed by atoms with Crippen LogP contribution in [0.2, 0.25) is 0 Å². The molecule has 0 bridgehead atoms. The first-order chi connectivity index (χ1) is 10.2. The molecule has 112 valence electrons. The van der Waals surface area contributed by atoms with Gasteiger partial charge in [0.15, 0.2) is 5.82 Å². The molecule has 6 nitrogen and oxygen atoms in total. The maximum Gasteiger partial charge on any atom is 0.170 e. The number of nitrogens with zero attached hydrogens (tertiary/aromatic N) is 4. The van der Waals surface area contributed by atoms with Crippen LogP contribution in [0.25, 0.3) is 5.69 Å². The Balaban J connectivity index is 1.66. The van der Waals surface area contributed by atoms with Crippen molar-refractivity contribution in [2.24, 2.45) is 5.92 Å². The molecule has 3 rings (SSSR count). The fourth-order valence-electron chi connectivity index (χ4n) is 2.87. The van der Waals surface area contributed by atoms with Crippen LogP contribution in [-0.2, 0) is 6.54 Å². The van der Waals surface area contributed by atoms with Crippen molar-refractivity contribution in [3.63, 3.8) is 0 Å². The maximum absolute atomic E-state index is 5.82. The summed E-state index contributed by atoms with van der Waals surface area (Å²) in [4.78, 5) is 0. The van der Waals surface area contributed by atoms with E-state index in [9.17, 15) is 0 Å². The normalized spacial score (nSPS) is 22.3. The van der Waals surface area contributed by atoms with Crippen molar-refractivity contribution in [2.75, 3.05) is 5.73 Å². The highest BCUT2D eigenvalue weighted by atomic mass is 15.5. The number of benzene rings is 1. The third kappa shape index (κ3) is 3.39. The summed E-state index contributed by atoms with van der Waals surface area (Å²) in [5.74, 6) is 1.68. The van der Waals surface area contributed by atoms with Gasteiger partial charge in [-0.05, 0) is 60.2 Å². The summed E-state index contributed by atoms with van der Waals surface area (Å²) < 4.78 is 1.74. The van der Waals surface area contributed by atoms with E-state index in [-0.39, 0.29) is 0 Å². The molecule has 1 aliphatic rings. The van der Waals surface area contributed by atoms with Crippen molar-refractivity contribution in [1.82, 2.24) is 25.5 Å². The quantitative estimate of drug-likeness (QED) is 0.839. The minimum absolute atomic E-state index is 0.576. The molecule has 0 amide bonds. The van der Waals surface area contributed by atoms with Gasteiger partial charge in [-0.3, -0.25) is 0 Å². The molecular formula is C15H22N6. The summed E-state index contributed by atoms with van der Waals surface area (Å²) in [6.45, 7) is 3.01. The molecule has 0 unspecified atom stereocenters. The zero-order valence-corrected chi connectivity index (χ0v) is 12.4. The molecule has 21 heavy (non-hydrogen) atoms. The first kappa shape index (κ1) is 14.0. The standard InChI is InChI=1S/C15H22N6/c1-11-5-7-13(8-6-11)17-10-15-18-19-20-21(15)14-4-2-3-12(16)9-14/h2-4,9,11,13,17H,5-8,10,16H2,1H3. The Kier molecular flexibility index (Phi) is 4.15. The molecular weight excluding hydrogens is 264 g/mol. The summed E-state index contributed by atoms with van der Waals surface area (Å²) in [7, 11) is 0. The first-order valence-electron chi connectivity index (χ1n) is 7.59. The molecule has 0 saturated heterocycles. The van der Waals surface area contributed by atoms with Crippen molar-refractivity contribution in [1.29, 1.82) is 0 Å². The number of nitrogens with one attached hydrogen (secondary N) is 1. The molecule has 0 atom stereocenters. The summed E-state index contributed by atoms with van der Waals surface area (Å²) in [6.07, 6.45) is 5.08. The Labute approximate surface area is 124 Å². The average molecular weight is 286 g/mol. The fourth-order valence-corrected chi connectivity index (χ4v) is 2.87. The number of hydrogen-bond donors (Lipinski definition) is 2. The van der Waals surface area contributed by atoms with Crippen LogP contribution in [0.15, 0.2) is 24.3 Å². The van der Waals surface area contributed by atoms with E-state index in [1.807, 2.05) is 24.3 Å². The lowest BCUT2D eigenvalue weighted by Gasteiger charge is -2.26. The van der Waals surface area contributed by atoms with E-state index >= 15 is 0 Å². The molecule has 0 radical (unpaired) electrons. The number of rotatable bonds is 4. The third-order valence-corrected chi connectivity index (χ3v) is 4.21. The first-order valence-corrected chi connectivity index (χ1v) is 7.59. The van der Waals surface area contributed by atoms with Gasteiger partial charge in [0.05, 0.1) is 12.2 Å². The molecule has 2 aromatic rings. The Morgan fingerprint density at radius 3 is 2.86 bits per heavy atom. The van der Waals surface area contributed by atoms with Gasteiger partial charge < -0.3 is 11.1 Å². The van der Waals surface area contributed by atoms with Crippen LogP contribution >= 0.6 is 0 Å². The van der Waals surface area contributed by atoms with Gasteiger partial charge in [0.2, 0.25) is 0 Å². The number of aromatic nitrogens is 4. The minimum atomic E-state index is 0.576. The van der Waals surface area contributed by atoms with Crippen LogP contribution in [0.3, 0.4) is 0 Å². The molecule has 6 heteroatoms. The van der Waals surface area contributed by atoms with Gasteiger partial charge in [-0.1, -0.05) is 13.0 Å². The van der Waals surface area contributed by atoms with Crippen LogP contribution < -0.4 is 11.1 Å². The van der Waals surface area contributed by atoms with Crippen molar-refractivity contribution in [2.45, 2.75) is 45.2 Å². The molecule has 1 aliphatic carbocycles. The van der Waals surface area contributed by atoms with Gasteiger partial charge in [-0.25, -0.2) is 0 Å². The van der Waals surface area contributed by atoms with Crippen molar-refractivity contribution < 1.29 is 0 Å². The third-order valence-electron chi connectivity index (χ3n) is 4.21. The average Bonchev–Trinajstić information content (AvgIpc) is 2.95. The van der Waals surface area contributed by atoms with Gasteiger partial charge in [-0.2, -0.15) is 4.68 Å². The lowest BCUT2D eigenvalue weighted by atomic mass is 9.87. The number of nitrogens with two attached hydrogens (primary N) is 1. The second-order valence-electron chi connectivity index (χ2n) is 5.94. The Hall–Kier alpha value is -1.95. The highest BCUT2D eigenvalue weighted by molar-refractivity contribution is 5.47. The second-order valence-corrected chi connectivity index (χ2v) is 5.94. The SMILES string of the molecule is CC1CCC(NCc2nnnn2-c2cccc(N)c2)CC1. The smallest absolute Gasteiger partial charge is 0.170 e. The zero-order chi connectivity index (χ0) is 14.7. The zero-order valence-electron chi connectivity index (χ0n) is 12.4. The monoisotopic (exact) mass is 286 g/mol. The largest absolute Gasteiger partial charge is 0.399 e. The molecule has 0 aliphatic heterocycles. The van der Waals surface area contributed by atoms with Crippen LogP contribution in [0.1, 0.15) is 38.4 Å². The number of tetrazole rings is 1. The molecule has 0 spiro atoms. The van der Waals surface area contributed by atoms with Gasteiger partial charge in [0, 0.05) is 11.7 Å².